The van der Waals surface area contributed by atoms with E-state index in [0.29, 0.717) is 17.8 Å². The molecule has 1 heteroatoms. The van der Waals surface area contributed by atoms with E-state index in [1.54, 1.807) is 0 Å². The number of aldehydes is 1. The minimum Gasteiger partial charge on any atom is -0.298 e. The Morgan fingerprint density at radius 1 is 1.50 bits per heavy atom. The van der Waals surface area contributed by atoms with E-state index in [-0.39, 0.29) is 0 Å². The molecule has 0 spiro atoms. The zero-order valence-electron chi connectivity index (χ0n) is 8.21. The molecule has 68 valence electrons. The number of allylic oxidation sites excluding steroid dienone is 2. The molecule has 1 rings (SSSR count). The molecular weight excluding hydrogens is 148 g/mol. The van der Waals surface area contributed by atoms with Crippen molar-refractivity contribution >= 4 is 6.29 Å². The maximum Gasteiger partial charge on any atom is 0.146 e. The van der Waals surface area contributed by atoms with Crippen LogP contribution in [0.2, 0.25) is 0 Å². The van der Waals surface area contributed by atoms with Crippen LogP contribution in [0.15, 0.2) is 11.6 Å². The van der Waals surface area contributed by atoms with Gasteiger partial charge in [-0.2, -0.15) is 0 Å². The first-order valence-electron chi connectivity index (χ1n) is 4.82. The molecular formula is C11H18O. The minimum atomic E-state index is 0.513. The largest absolute Gasteiger partial charge is 0.298 e. The zero-order chi connectivity index (χ0) is 9.14. The third-order valence-corrected chi connectivity index (χ3v) is 2.78. The molecule has 1 nitrogen and oxygen atoms in total. The number of hydrogen-bond donors (Lipinski definition) is 0. The van der Waals surface area contributed by atoms with Gasteiger partial charge in [-0.1, -0.05) is 26.8 Å². The van der Waals surface area contributed by atoms with Gasteiger partial charge < -0.3 is 0 Å². The number of carbonyl (C=O) groups is 1. The molecule has 0 bridgehead atoms. The van der Waals surface area contributed by atoms with E-state index in [2.05, 4.69) is 26.8 Å². The normalized spacial score (nSPS) is 30.2. The molecule has 0 N–H and O–H groups in total. The van der Waals surface area contributed by atoms with E-state index in [1.807, 2.05) is 0 Å². The molecule has 0 aromatic carbocycles. The van der Waals surface area contributed by atoms with Gasteiger partial charge in [-0.3, -0.25) is 4.79 Å². The molecule has 0 saturated carbocycles. The van der Waals surface area contributed by atoms with Crippen molar-refractivity contribution in [1.29, 1.82) is 0 Å². The molecule has 2 atom stereocenters. The fourth-order valence-corrected chi connectivity index (χ4v) is 1.99. The predicted octanol–water partition coefficient (Wildman–Crippen LogP) is 2.81. The second-order valence-corrected chi connectivity index (χ2v) is 4.19. The van der Waals surface area contributed by atoms with Gasteiger partial charge in [-0.25, -0.2) is 0 Å². The fraction of sp³-hybridized carbons (Fsp3) is 0.727. The number of rotatable bonds is 2. The minimum absolute atomic E-state index is 0.513. The van der Waals surface area contributed by atoms with E-state index >= 15 is 0 Å². The van der Waals surface area contributed by atoms with Crippen LogP contribution in [0, 0.1) is 17.8 Å². The predicted molar refractivity (Wildman–Crippen MR) is 50.9 cm³/mol. The third-order valence-electron chi connectivity index (χ3n) is 2.78. The average molecular weight is 166 g/mol. The SMILES string of the molecule is CC(C)[C@H]1CC[C@@H](C)C=C1C=O. The summed E-state index contributed by atoms with van der Waals surface area (Å²) in [6.07, 6.45) is 5.60. The molecule has 0 aromatic heterocycles. The molecule has 0 heterocycles. The maximum atomic E-state index is 10.8. The number of hydrogen-bond acceptors (Lipinski definition) is 1. The van der Waals surface area contributed by atoms with Crippen LogP contribution in [-0.2, 0) is 4.79 Å². The molecule has 1 aliphatic rings. The quantitative estimate of drug-likeness (QED) is 0.576. The summed E-state index contributed by atoms with van der Waals surface area (Å²) in [5.74, 6) is 1.72. The van der Waals surface area contributed by atoms with Gasteiger partial charge in [-0.15, -0.1) is 0 Å². The van der Waals surface area contributed by atoms with Gasteiger partial charge in [0.05, 0.1) is 0 Å². The topological polar surface area (TPSA) is 17.1 Å². The van der Waals surface area contributed by atoms with E-state index in [4.69, 9.17) is 0 Å². The molecule has 0 amide bonds. The lowest BCUT2D eigenvalue weighted by atomic mass is 9.78. The Balaban J connectivity index is 2.77. The Bertz CT molecular complexity index is 191. The van der Waals surface area contributed by atoms with Crippen LogP contribution in [0.4, 0.5) is 0 Å². The van der Waals surface area contributed by atoms with E-state index < -0.39 is 0 Å². The highest BCUT2D eigenvalue weighted by Gasteiger charge is 2.22. The van der Waals surface area contributed by atoms with E-state index in [9.17, 15) is 4.79 Å². The van der Waals surface area contributed by atoms with Crippen LogP contribution in [0.3, 0.4) is 0 Å². The van der Waals surface area contributed by atoms with Gasteiger partial charge >= 0.3 is 0 Å². The summed E-state index contributed by atoms with van der Waals surface area (Å²) < 4.78 is 0. The van der Waals surface area contributed by atoms with Crippen LogP contribution in [0.1, 0.15) is 33.6 Å². The van der Waals surface area contributed by atoms with E-state index in [1.165, 1.54) is 12.8 Å². The highest BCUT2D eigenvalue weighted by Crippen LogP contribution is 2.31. The number of carbonyl (C=O) groups excluding carboxylic acids is 1. The Morgan fingerprint density at radius 2 is 2.17 bits per heavy atom. The van der Waals surface area contributed by atoms with Gasteiger partial charge in [0.2, 0.25) is 0 Å². The van der Waals surface area contributed by atoms with Gasteiger partial charge in [0.25, 0.3) is 0 Å². The second-order valence-electron chi connectivity index (χ2n) is 4.19. The summed E-state index contributed by atoms with van der Waals surface area (Å²) in [6.45, 7) is 6.57. The van der Waals surface area contributed by atoms with Crippen LogP contribution >= 0.6 is 0 Å². The molecule has 1 aliphatic carbocycles. The molecule has 0 unspecified atom stereocenters. The van der Waals surface area contributed by atoms with Crippen molar-refractivity contribution in [2.24, 2.45) is 17.8 Å². The van der Waals surface area contributed by atoms with Crippen molar-refractivity contribution in [1.82, 2.24) is 0 Å². The Labute approximate surface area is 74.9 Å². The highest BCUT2D eigenvalue weighted by molar-refractivity contribution is 5.74. The molecule has 0 radical (unpaired) electrons. The smallest absolute Gasteiger partial charge is 0.146 e. The first-order valence-corrected chi connectivity index (χ1v) is 4.82. The highest BCUT2D eigenvalue weighted by atomic mass is 16.1. The lowest BCUT2D eigenvalue weighted by molar-refractivity contribution is -0.105. The Morgan fingerprint density at radius 3 is 2.67 bits per heavy atom. The van der Waals surface area contributed by atoms with E-state index in [0.717, 1.165) is 11.9 Å². The summed E-state index contributed by atoms with van der Waals surface area (Å²) >= 11 is 0. The van der Waals surface area contributed by atoms with Crippen molar-refractivity contribution in [3.8, 4) is 0 Å². The Hall–Kier alpha value is -0.590. The van der Waals surface area contributed by atoms with Gasteiger partial charge in [-0.05, 0) is 36.2 Å². The van der Waals surface area contributed by atoms with Gasteiger partial charge in [0.15, 0.2) is 0 Å². The lowest BCUT2D eigenvalue weighted by Gasteiger charge is -2.27. The summed E-state index contributed by atoms with van der Waals surface area (Å²) in [4.78, 5) is 10.8. The summed E-state index contributed by atoms with van der Waals surface area (Å²) in [5, 5.41) is 0. The van der Waals surface area contributed by atoms with Crippen molar-refractivity contribution in [3.63, 3.8) is 0 Å². The summed E-state index contributed by atoms with van der Waals surface area (Å²) in [6, 6.07) is 0. The maximum absolute atomic E-state index is 10.8. The van der Waals surface area contributed by atoms with Crippen LogP contribution in [0.5, 0.6) is 0 Å². The summed E-state index contributed by atoms with van der Waals surface area (Å²) in [7, 11) is 0. The van der Waals surface area contributed by atoms with Crippen LogP contribution in [0.25, 0.3) is 0 Å². The monoisotopic (exact) mass is 166 g/mol. The second kappa shape index (κ2) is 3.88. The molecule has 0 saturated heterocycles. The van der Waals surface area contributed by atoms with Crippen LogP contribution in [-0.4, -0.2) is 6.29 Å². The molecule has 0 fully saturated rings. The fourth-order valence-electron chi connectivity index (χ4n) is 1.99. The first-order chi connectivity index (χ1) is 5.65. The molecule has 0 aromatic rings. The van der Waals surface area contributed by atoms with Gasteiger partial charge in [0.1, 0.15) is 6.29 Å². The van der Waals surface area contributed by atoms with Crippen molar-refractivity contribution in [2.45, 2.75) is 33.6 Å². The Kier molecular flexibility index (Phi) is 3.07. The first kappa shape index (κ1) is 9.50. The van der Waals surface area contributed by atoms with Gasteiger partial charge in [0, 0.05) is 0 Å². The van der Waals surface area contributed by atoms with Crippen molar-refractivity contribution < 1.29 is 4.79 Å². The molecule has 12 heavy (non-hydrogen) atoms. The molecule has 0 aliphatic heterocycles. The standard InChI is InChI=1S/C11H18O/c1-8(2)11-5-4-9(3)6-10(11)7-12/h6-9,11H,4-5H2,1-3H3/t9-,11-/m1/s1. The lowest BCUT2D eigenvalue weighted by Crippen LogP contribution is -2.18. The zero-order valence-corrected chi connectivity index (χ0v) is 8.21. The average Bonchev–Trinajstić information content (AvgIpc) is 2.03. The summed E-state index contributed by atoms with van der Waals surface area (Å²) in [5.41, 5.74) is 1.03. The third kappa shape index (κ3) is 1.96. The van der Waals surface area contributed by atoms with Crippen molar-refractivity contribution in [3.05, 3.63) is 11.6 Å². The van der Waals surface area contributed by atoms with Crippen molar-refractivity contribution in [2.75, 3.05) is 0 Å². The van der Waals surface area contributed by atoms with Crippen LogP contribution < -0.4 is 0 Å².